The summed E-state index contributed by atoms with van der Waals surface area (Å²) in [5.74, 6) is 1.15. The van der Waals surface area contributed by atoms with Crippen LogP contribution in [0.25, 0.3) is 0 Å². The van der Waals surface area contributed by atoms with E-state index in [0.29, 0.717) is 32.8 Å². The van der Waals surface area contributed by atoms with Crippen LogP contribution in [0.4, 0.5) is 4.79 Å². The Balaban J connectivity index is 0.00000338. The molecule has 150 valence electrons. The average molecular weight is 481 g/mol. The fourth-order valence-electron chi connectivity index (χ4n) is 2.77. The molecule has 0 aromatic heterocycles. The van der Waals surface area contributed by atoms with Crippen molar-refractivity contribution < 1.29 is 14.3 Å². The van der Waals surface area contributed by atoms with Crippen molar-refractivity contribution in [1.29, 1.82) is 0 Å². The topological polar surface area (TPSA) is 95.1 Å². The number of halogens is 1. The Labute approximate surface area is 172 Å². The Morgan fingerprint density at radius 3 is 2.38 bits per heavy atom. The Morgan fingerprint density at radius 2 is 1.81 bits per heavy atom. The number of nitrogens with one attached hydrogen (secondary N) is 3. The van der Waals surface area contributed by atoms with E-state index in [9.17, 15) is 9.59 Å². The Hall–Kier alpha value is -1.26. The van der Waals surface area contributed by atoms with Gasteiger partial charge in [-0.2, -0.15) is 0 Å². The molecule has 0 atom stereocenters. The molecular weight excluding hydrogens is 449 g/mol. The first-order valence-electron chi connectivity index (χ1n) is 9.38. The second-order valence-electron chi connectivity index (χ2n) is 6.43. The van der Waals surface area contributed by atoms with Gasteiger partial charge in [-0.15, -0.1) is 24.0 Å². The predicted octanol–water partition coefficient (Wildman–Crippen LogP) is 1.31. The lowest BCUT2D eigenvalue weighted by atomic mass is 10.1. The van der Waals surface area contributed by atoms with Crippen LogP contribution in [-0.4, -0.2) is 68.2 Å². The molecule has 1 saturated heterocycles. The number of carbonyl (C=O) groups is 2. The van der Waals surface area contributed by atoms with Gasteiger partial charge in [0.25, 0.3) is 0 Å². The molecule has 0 unspecified atom stereocenters. The van der Waals surface area contributed by atoms with Crippen molar-refractivity contribution in [3.05, 3.63) is 0 Å². The maximum absolute atomic E-state index is 11.7. The number of amides is 2. The maximum Gasteiger partial charge on any atom is 0.409 e. The minimum Gasteiger partial charge on any atom is -0.450 e. The van der Waals surface area contributed by atoms with Crippen molar-refractivity contribution in [1.82, 2.24) is 20.9 Å². The smallest absolute Gasteiger partial charge is 0.409 e. The molecule has 8 nitrogen and oxygen atoms in total. The predicted molar refractivity (Wildman–Crippen MR) is 112 cm³/mol. The number of likely N-dealkylation sites (tertiary alicyclic amines) is 1. The van der Waals surface area contributed by atoms with Gasteiger partial charge in [0, 0.05) is 38.1 Å². The van der Waals surface area contributed by atoms with E-state index < -0.39 is 0 Å². The number of piperidine rings is 1. The summed E-state index contributed by atoms with van der Waals surface area (Å²) in [7, 11) is 0. The molecule has 1 aliphatic carbocycles. The third-order valence-electron chi connectivity index (χ3n) is 4.34. The van der Waals surface area contributed by atoms with Crippen LogP contribution in [0.5, 0.6) is 0 Å². The zero-order valence-corrected chi connectivity index (χ0v) is 18.1. The Bertz CT molecular complexity index is 477. The fraction of sp³-hybridized carbons (Fsp3) is 0.824. The molecule has 9 heteroatoms. The van der Waals surface area contributed by atoms with E-state index in [1.54, 1.807) is 4.90 Å². The minimum atomic E-state index is -0.229. The van der Waals surface area contributed by atoms with E-state index in [1.165, 1.54) is 0 Å². The second-order valence-corrected chi connectivity index (χ2v) is 6.43. The first-order valence-corrected chi connectivity index (χ1v) is 9.38. The summed E-state index contributed by atoms with van der Waals surface area (Å²) in [4.78, 5) is 29.6. The van der Waals surface area contributed by atoms with Gasteiger partial charge in [0.05, 0.1) is 13.2 Å². The maximum atomic E-state index is 11.7. The molecule has 3 N–H and O–H groups in total. The van der Waals surface area contributed by atoms with Crippen molar-refractivity contribution in [3.8, 4) is 0 Å². The molecule has 2 rings (SSSR count). The fourth-order valence-corrected chi connectivity index (χ4v) is 2.77. The zero-order valence-electron chi connectivity index (χ0n) is 15.8. The number of hydrogen-bond acceptors (Lipinski definition) is 4. The number of rotatable bonds is 7. The van der Waals surface area contributed by atoms with Crippen LogP contribution in [-0.2, 0) is 9.53 Å². The minimum absolute atomic E-state index is 0. The van der Waals surface area contributed by atoms with Crippen molar-refractivity contribution in [3.63, 3.8) is 0 Å². The van der Waals surface area contributed by atoms with Gasteiger partial charge >= 0.3 is 6.09 Å². The summed E-state index contributed by atoms with van der Waals surface area (Å²) in [6.45, 7) is 7.52. The van der Waals surface area contributed by atoms with E-state index in [1.807, 2.05) is 13.8 Å². The quantitative estimate of drug-likeness (QED) is 0.221. The highest BCUT2D eigenvalue weighted by molar-refractivity contribution is 14.0. The lowest BCUT2D eigenvalue weighted by Gasteiger charge is -2.32. The third-order valence-corrected chi connectivity index (χ3v) is 4.34. The molecule has 1 heterocycles. The van der Waals surface area contributed by atoms with Crippen molar-refractivity contribution in [2.24, 2.45) is 10.9 Å². The Morgan fingerprint density at radius 1 is 1.12 bits per heavy atom. The van der Waals surface area contributed by atoms with Gasteiger partial charge in [-0.1, -0.05) is 0 Å². The largest absolute Gasteiger partial charge is 0.450 e. The van der Waals surface area contributed by atoms with E-state index in [2.05, 4.69) is 20.9 Å². The molecule has 0 spiro atoms. The van der Waals surface area contributed by atoms with Gasteiger partial charge in [0.1, 0.15) is 0 Å². The van der Waals surface area contributed by atoms with Gasteiger partial charge in [0.2, 0.25) is 5.91 Å². The third kappa shape index (κ3) is 7.96. The van der Waals surface area contributed by atoms with Crippen LogP contribution in [0, 0.1) is 5.92 Å². The van der Waals surface area contributed by atoms with E-state index >= 15 is 0 Å². The van der Waals surface area contributed by atoms with Crippen LogP contribution in [0.15, 0.2) is 4.99 Å². The highest BCUT2D eigenvalue weighted by atomic mass is 127. The van der Waals surface area contributed by atoms with E-state index in [0.717, 1.165) is 38.2 Å². The normalized spacial score (nSPS) is 17.9. The van der Waals surface area contributed by atoms with Gasteiger partial charge < -0.3 is 25.6 Å². The molecule has 2 amide bonds. The van der Waals surface area contributed by atoms with E-state index in [4.69, 9.17) is 4.74 Å². The first kappa shape index (κ1) is 22.8. The number of guanidine groups is 1. The summed E-state index contributed by atoms with van der Waals surface area (Å²) < 4.78 is 5.04. The molecule has 2 fully saturated rings. The highest BCUT2D eigenvalue weighted by Gasteiger charge is 2.29. The highest BCUT2D eigenvalue weighted by Crippen LogP contribution is 2.28. The number of carbonyl (C=O) groups excluding carboxylic acids is 2. The number of nitrogens with zero attached hydrogens (tertiary/aromatic N) is 2. The SMILES string of the molecule is CCNC(=NCCNC(=O)C1CC1)NC1CCN(C(=O)OCC)CC1.I. The molecule has 0 bridgehead atoms. The number of aliphatic imine (C=N–C) groups is 1. The monoisotopic (exact) mass is 481 g/mol. The molecule has 0 radical (unpaired) electrons. The van der Waals surface area contributed by atoms with Gasteiger partial charge in [-0.3, -0.25) is 9.79 Å². The second kappa shape index (κ2) is 12.2. The number of ether oxygens (including phenoxy) is 1. The molecule has 0 aromatic rings. The van der Waals surface area contributed by atoms with Crippen molar-refractivity contribution in [2.75, 3.05) is 39.3 Å². The molecule has 0 aromatic carbocycles. The lowest BCUT2D eigenvalue weighted by molar-refractivity contribution is -0.122. The summed E-state index contributed by atoms with van der Waals surface area (Å²) in [6.07, 6.45) is 3.53. The standard InChI is InChI=1S/C17H31N5O3.HI/c1-3-18-16(20-10-9-19-15(23)13-5-6-13)21-14-7-11-22(12-8-14)17(24)25-4-2;/h13-14H,3-12H2,1-2H3,(H,19,23)(H2,18,20,21);1H. The molecule has 26 heavy (non-hydrogen) atoms. The zero-order chi connectivity index (χ0) is 18.1. The van der Waals surface area contributed by atoms with Crippen molar-refractivity contribution in [2.45, 2.75) is 45.6 Å². The van der Waals surface area contributed by atoms with Crippen molar-refractivity contribution >= 4 is 41.9 Å². The lowest BCUT2D eigenvalue weighted by Crippen LogP contribution is -2.50. The Kier molecular flexibility index (Phi) is 10.7. The molecule has 2 aliphatic rings. The van der Waals surface area contributed by atoms with Gasteiger partial charge in [-0.25, -0.2) is 4.79 Å². The molecule has 1 aliphatic heterocycles. The number of hydrogen-bond donors (Lipinski definition) is 3. The van der Waals surface area contributed by atoms with Crippen LogP contribution >= 0.6 is 24.0 Å². The van der Waals surface area contributed by atoms with E-state index in [-0.39, 0.29) is 47.9 Å². The van der Waals surface area contributed by atoms with Gasteiger partial charge in [-0.05, 0) is 39.5 Å². The average Bonchev–Trinajstić information content (AvgIpc) is 3.44. The van der Waals surface area contributed by atoms with Crippen LogP contribution in [0.3, 0.4) is 0 Å². The first-order chi connectivity index (χ1) is 12.1. The summed E-state index contributed by atoms with van der Waals surface area (Å²) >= 11 is 0. The van der Waals surface area contributed by atoms with Crippen LogP contribution in [0.1, 0.15) is 39.5 Å². The summed E-state index contributed by atoms with van der Waals surface area (Å²) in [6, 6.07) is 0.282. The van der Waals surface area contributed by atoms with Crippen LogP contribution in [0.2, 0.25) is 0 Å². The molecule has 1 saturated carbocycles. The summed E-state index contributed by atoms with van der Waals surface area (Å²) in [5.41, 5.74) is 0. The van der Waals surface area contributed by atoms with Gasteiger partial charge in [0.15, 0.2) is 5.96 Å². The van der Waals surface area contributed by atoms with Crippen LogP contribution < -0.4 is 16.0 Å². The molecular formula is C17H32IN5O3. The summed E-state index contributed by atoms with van der Waals surface area (Å²) in [5, 5.41) is 9.56.